The highest BCUT2D eigenvalue weighted by atomic mass is 32.2. The Morgan fingerprint density at radius 2 is 1.83 bits per heavy atom. The zero-order chi connectivity index (χ0) is 17.7. The first-order chi connectivity index (χ1) is 11.3. The van der Waals surface area contributed by atoms with E-state index in [9.17, 15) is 13.2 Å². The second kappa shape index (κ2) is 7.28. The highest BCUT2D eigenvalue weighted by molar-refractivity contribution is 7.89. The van der Waals surface area contributed by atoms with Crippen LogP contribution in [0.3, 0.4) is 0 Å². The van der Waals surface area contributed by atoms with E-state index >= 15 is 0 Å². The minimum Gasteiger partial charge on any atom is -0.382 e. The molecule has 1 heterocycles. The lowest BCUT2D eigenvalue weighted by molar-refractivity contribution is -0.115. The number of hydrogen-bond donors (Lipinski definition) is 4. The van der Waals surface area contributed by atoms with Crippen molar-refractivity contribution in [3.05, 3.63) is 42.0 Å². The predicted octanol–water partition coefficient (Wildman–Crippen LogP) is 1.27. The molecule has 6 N–H and O–H groups in total. The van der Waals surface area contributed by atoms with E-state index in [1.54, 1.807) is 31.2 Å². The topological polar surface area (TPSA) is 140 Å². The molecule has 0 bridgehead atoms. The number of nitrogens with zero attached hydrogens (tertiary/aromatic N) is 1. The average molecular weight is 349 g/mol. The molecule has 1 aromatic heterocycles. The number of anilines is 3. The summed E-state index contributed by atoms with van der Waals surface area (Å²) in [6.45, 7) is 2.17. The maximum Gasteiger partial charge on any atom is 0.238 e. The third-order valence-electron chi connectivity index (χ3n) is 3.25. The van der Waals surface area contributed by atoms with Crippen LogP contribution in [-0.2, 0) is 21.4 Å². The van der Waals surface area contributed by atoms with E-state index in [2.05, 4.69) is 15.6 Å². The monoisotopic (exact) mass is 349 g/mol. The Morgan fingerprint density at radius 3 is 2.38 bits per heavy atom. The average Bonchev–Trinajstić information content (AvgIpc) is 2.54. The maximum absolute atomic E-state index is 11.4. The van der Waals surface area contributed by atoms with E-state index in [-0.39, 0.29) is 16.6 Å². The Morgan fingerprint density at radius 1 is 1.17 bits per heavy atom. The van der Waals surface area contributed by atoms with Crippen molar-refractivity contribution in [1.29, 1.82) is 0 Å². The van der Waals surface area contributed by atoms with Crippen molar-refractivity contribution < 1.29 is 13.2 Å². The molecule has 0 aliphatic rings. The molecule has 0 fully saturated rings. The van der Waals surface area contributed by atoms with Crippen LogP contribution in [0, 0.1) is 0 Å². The Bertz CT molecular complexity index is 835. The number of hydrogen-bond acceptors (Lipinski definition) is 6. The lowest BCUT2D eigenvalue weighted by Crippen LogP contribution is -2.13. The van der Waals surface area contributed by atoms with Crippen molar-refractivity contribution in [2.24, 2.45) is 5.14 Å². The molecule has 0 unspecified atom stereocenters. The van der Waals surface area contributed by atoms with Gasteiger partial charge < -0.3 is 16.4 Å². The minimum atomic E-state index is -3.69. The van der Waals surface area contributed by atoms with Crippen molar-refractivity contribution in [3.63, 3.8) is 0 Å². The molecule has 1 amide bonds. The molecule has 0 atom stereocenters. The van der Waals surface area contributed by atoms with Crippen LogP contribution in [0.2, 0.25) is 0 Å². The molecule has 9 heteroatoms. The Labute approximate surface area is 140 Å². The molecule has 0 spiro atoms. The van der Waals surface area contributed by atoms with Gasteiger partial charge >= 0.3 is 0 Å². The van der Waals surface area contributed by atoms with Crippen LogP contribution in [0.4, 0.5) is 17.3 Å². The lowest BCUT2D eigenvalue weighted by atomic mass is 10.2. The van der Waals surface area contributed by atoms with Gasteiger partial charge in [0.25, 0.3) is 0 Å². The predicted molar refractivity (Wildman–Crippen MR) is 92.7 cm³/mol. The van der Waals surface area contributed by atoms with Crippen molar-refractivity contribution >= 4 is 33.3 Å². The zero-order valence-electron chi connectivity index (χ0n) is 13.1. The number of nitrogen functional groups attached to an aromatic ring is 1. The van der Waals surface area contributed by atoms with E-state index in [0.717, 1.165) is 5.56 Å². The third kappa shape index (κ3) is 4.67. The largest absolute Gasteiger partial charge is 0.382 e. The quantitative estimate of drug-likeness (QED) is 0.619. The summed E-state index contributed by atoms with van der Waals surface area (Å²) in [6, 6.07) is 9.57. The summed E-state index contributed by atoms with van der Waals surface area (Å²) in [7, 11) is -3.69. The number of nitrogens with one attached hydrogen (secondary N) is 2. The summed E-state index contributed by atoms with van der Waals surface area (Å²) >= 11 is 0. The Kier molecular flexibility index (Phi) is 5.37. The lowest BCUT2D eigenvalue weighted by Gasteiger charge is -2.10. The Balaban J connectivity index is 2.02. The van der Waals surface area contributed by atoms with E-state index < -0.39 is 10.0 Å². The van der Waals surface area contributed by atoms with Crippen LogP contribution >= 0.6 is 0 Å². The molecule has 24 heavy (non-hydrogen) atoms. The summed E-state index contributed by atoms with van der Waals surface area (Å²) in [6.07, 6.45) is 0.355. The van der Waals surface area contributed by atoms with Gasteiger partial charge in [0.05, 0.1) is 10.6 Å². The van der Waals surface area contributed by atoms with Gasteiger partial charge in [-0.05, 0) is 29.8 Å². The molecule has 0 radical (unpaired) electrons. The van der Waals surface area contributed by atoms with Gasteiger partial charge in [0, 0.05) is 13.0 Å². The fourth-order valence-electron chi connectivity index (χ4n) is 1.91. The van der Waals surface area contributed by atoms with Gasteiger partial charge in [-0.3, -0.25) is 4.79 Å². The second-order valence-corrected chi connectivity index (χ2v) is 6.63. The number of carbonyl (C=O) groups is 1. The first-order valence-electron chi connectivity index (χ1n) is 7.21. The molecule has 0 aliphatic carbocycles. The van der Waals surface area contributed by atoms with Crippen LogP contribution in [0.1, 0.15) is 18.9 Å². The minimum absolute atomic E-state index is 0.0599. The molecule has 0 aliphatic heterocycles. The molecule has 2 rings (SSSR count). The normalized spacial score (nSPS) is 11.1. The van der Waals surface area contributed by atoms with Crippen LogP contribution < -0.4 is 21.5 Å². The van der Waals surface area contributed by atoms with Crippen LogP contribution in [-0.4, -0.2) is 19.3 Å². The maximum atomic E-state index is 11.4. The van der Waals surface area contributed by atoms with Crippen molar-refractivity contribution in [2.75, 3.05) is 16.4 Å². The Hall–Kier alpha value is -2.65. The first kappa shape index (κ1) is 17.7. The summed E-state index contributed by atoms with van der Waals surface area (Å²) in [5, 5.41) is 10.8. The van der Waals surface area contributed by atoms with Crippen molar-refractivity contribution in [3.8, 4) is 0 Å². The number of nitrogens with two attached hydrogens (primary N) is 2. The molecule has 8 nitrogen and oxygen atoms in total. The van der Waals surface area contributed by atoms with Gasteiger partial charge in [0.1, 0.15) is 11.6 Å². The van der Waals surface area contributed by atoms with Gasteiger partial charge in [0.15, 0.2) is 0 Å². The van der Waals surface area contributed by atoms with Crippen LogP contribution in [0.25, 0.3) is 0 Å². The first-order valence-corrected chi connectivity index (χ1v) is 8.76. The van der Waals surface area contributed by atoms with Gasteiger partial charge in [-0.2, -0.15) is 0 Å². The number of carbonyl (C=O) groups excluding carboxylic acids is 1. The van der Waals surface area contributed by atoms with E-state index in [4.69, 9.17) is 10.9 Å². The van der Waals surface area contributed by atoms with E-state index in [0.29, 0.717) is 24.5 Å². The molecule has 128 valence electrons. The number of sulfonamides is 1. The van der Waals surface area contributed by atoms with Crippen LogP contribution in [0.5, 0.6) is 0 Å². The van der Waals surface area contributed by atoms with Crippen molar-refractivity contribution in [1.82, 2.24) is 4.98 Å². The smallest absolute Gasteiger partial charge is 0.238 e. The highest BCUT2D eigenvalue weighted by Gasteiger charge is 2.08. The number of aromatic nitrogens is 1. The number of rotatable bonds is 6. The summed E-state index contributed by atoms with van der Waals surface area (Å²) in [5.41, 5.74) is 7.13. The number of benzene rings is 1. The summed E-state index contributed by atoms with van der Waals surface area (Å²) in [4.78, 5) is 15.6. The summed E-state index contributed by atoms with van der Waals surface area (Å²) < 4.78 is 22.4. The fraction of sp³-hybridized carbons (Fsp3) is 0.200. The van der Waals surface area contributed by atoms with Gasteiger partial charge in [-0.1, -0.05) is 19.1 Å². The van der Waals surface area contributed by atoms with Gasteiger partial charge in [-0.25, -0.2) is 18.5 Å². The van der Waals surface area contributed by atoms with E-state index in [1.807, 2.05) is 0 Å². The molecule has 2 aromatic rings. The molecular formula is C15H19N5O3S. The van der Waals surface area contributed by atoms with Gasteiger partial charge in [-0.15, -0.1) is 0 Å². The molecule has 1 aromatic carbocycles. The molecule has 0 saturated heterocycles. The SMILES string of the molecule is CCC(=O)Nc1ccc(NCc2ccc(S(N)(=O)=O)cc2)nc1N. The molecule has 0 saturated carbocycles. The third-order valence-corrected chi connectivity index (χ3v) is 4.17. The second-order valence-electron chi connectivity index (χ2n) is 5.07. The zero-order valence-corrected chi connectivity index (χ0v) is 13.9. The van der Waals surface area contributed by atoms with Crippen LogP contribution in [0.15, 0.2) is 41.3 Å². The van der Waals surface area contributed by atoms with E-state index in [1.165, 1.54) is 12.1 Å². The number of primary sulfonamides is 1. The highest BCUT2D eigenvalue weighted by Crippen LogP contribution is 2.19. The van der Waals surface area contributed by atoms with Gasteiger partial charge in [0.2, 0.25) is 15.9 Å². The van der Waals surface area contributed by atoms with Crippen molar-refractivity contribution in [2.45, 2.75) is 24.8 Å². The fourth-order valence-corrected chi connectivity index (χ4v) is 2.42. The molecular weight excluding hydrogens is 330 g/mol. The summed E-state index contributed by atoms with van der Waals surface area (Å²) in [5.74, 6) is 0.614. The standard InChI is InChI=1S/C15H19N5O3S/c1-2-14(21)19-12-7-8-13(20-15(12)16)18-9-10-3-5-11(6-4-10)24(17,22)23/h3-8H,2,9H2,1H3,(H,19,21)(H3,16,18,20)(H2,17,22,23). The number of amides is 1. The number of pyridine rings is 1.